The minimum Gasteiger partial charge on any atom is -0.315 e. The predicted molar refractivity (Wildman–Crippen MR) is 114 cm³/mol. The zero-order valence-corrected chi connectivity index (χ0v) is 18.0. The zero-order chi connectivity index (χ0) is 20.6. The highest BCUT2D eigenvalue weighted by Crippen LogP contribution is 2.66. The van der Waals surface area contributed by atoms with Gasteiger partial charge in [-0.1, -0.05) is 39.0 Å². The van der Waals surface area contributed by atoms with Crippen molar-refractivity contribution in [2.24, 2.45) is 21.7 Å². The number of likely N-dealkylation sites (N-methyl/N-ethyl adjacent to an activating group) is 1. The maximum Gasteiger partial charge on any atom is 0.234 e. The van der Waals surface area contributed by atoms with Crippen LogP contribution in [0.1, 0.15) is 44.2 Å². The summed E-state index contributed by atoms with van der Waals surface area (Å²) in [6.07, 6.45) is 2.18. The van der Waals surface area contributed by atoms with Crippen molar-refractivity contribution >= 4 is 46.4 Å². The number of alkyl halides is 1. The molecule has 3 aliphatic rings. The number of thiocarbonyl (C=S) groups is 1. The van der Waals surface area contributed by atoms with E-state index in [1.54, 1.807) is 18.0 Å². The van der Waals surface area contributed by atoms with Gasteiger partial charge < -0.3 is 4.90 Å². The number of halogens is 1. The lowest BCUT2D eigenvalue weighted by Crippen LogP contribution is -2.60. The molecule has 5 unspecified atom stereocenters. The number of ketones is 1. The van der Waals surface area contributed by atoms with Gasteiger partial charge in [-0.25, -0.2) is 4.99 Å². The number of isothiocyanates is 1. The van der Waals surface area contributed by atoms with E-state index < -0.39 is 28.2 Å². The maximum atomic E-state index is 14.1. The van der Waals surface area contributed by atoms with Crippen LogP contribution in [0.3, 0.4) is 0 Å². The average molecular weight is 415 g/mol. The molecule has 0 aromatic heterocycles. The second-order valence-corrected chi connectivity index (χ2v) is 9.62. The summed E-state index contributed by atoms with van der Waals surface area (Å²) < 4.78 is 0. The number of amides is 1. The normalized spacial score (nSPS) is 37.8. The Labute approximate surface area is 175 Å². The molecular formula is C22H23ClN2O2S. The number of aliphatic imine (C=N–C) groups is 1. The second-order valence-electron chi connectivity index (χ2n) is 8.91. The zero-order valence-electron chi connectivity index (χ0n) is 16.5. The molecule has 2 bridgehead atoms. The number of fused-ring (bicyclic) bond motifs is 3. The van der Waals surface area contributed by atoms with Crippen LogP contribution in [0.4, 0.5) is 5.69 Å². The first-order chi connectivity index (χ1) is 13.1. The van der Waals surface area contributed by atoms with E-state index in [1.165, 1.54) is 0 Å². The molecule has 1 aliphatic heterocycles. The second kappa shape index (κ2) is 5.85. The van der Waals surface area contributed by atoms with E-state index in [2.05, 4.69) is 16.7 Å². The van der Waals surface area contributed by atoms with Gasteiger partial charge in [0.2, 0.25) is 5.91 Å². The molecule has 1 fully saturated rings. The summed E-state index contributed by atoms with van der Waals surface area (Å²) in [6, 6.07) is 5.68. The first kappa shape index (κ1) is 19.5. The van der Waals surface area contributed by atoms with E-state index >= 15 is 0 Å². The molecule has 6 heteroatoms. The van der Waals surface area contributed by atoms with Gasteiger partial charge in [-0.3, -0.25) is 9.59 Å². The van der Waals surface area contributed by atoms with Crippen LogP contribution in [0.25, 0.3) is 0 Å². The molecule has 1 aromatic rings. The van der Waals surface area contributed by atoms with Gasteiger partial charge >= 0.3 is 0 Å². The number of carbonyl (C=O) groups is 2. The van der Waals surface area contributed by atoms with Crippen molar-refractivity contribution < 1.29 is 9.59 Å². The fraction of sp³-hybridized carbons (Fsp3) is 0.500. The number of nitrogens with zero attached hydrogens (tertiary/aromatic N) is 2. The van der Waals surface area contributed by atoms with Crippen LogP contribution in [-0.4, -0.2) is 29.3 Å². The molecule has 0 spiro atoms. The van der Waals surface area contributed by atoms with E-state index in [9.17, 15) is 9.59 Å². The summed E-state index contributed by atoms with van der Waals surface area (Å²) in [5.74, 6) is -0.917. The summed E-state index contributed by atoms with van der Waals surface area (Å²) >= 11 is 11.9. The van der Waals surface area contributed by atoms with Crippen molar-refractivity contribution in [1.82, 2.24) is 0 Å². The van der Waals surface area contributed by atoms with Gasteiger partial charge in [0, 0.05) is 29.4 Å². The summed E-state index contributed by atoms with van der Waals surface area (Å²) in [5.41, 5.74) is -0.426. The minimum atomic E-state index is -1.34. The molecule has 1 saturated carbocycles. The lowest BCUT2D eigenvalue weighted by atomic mass is 9.53. The summed E-state index contributed by atoms with van der Waals surface area (Å²) in [6.45, 7) is 9.91. The summed E-state index contributed by atoms with van der Waals surface area (Å²) in [4.78, 5) is 33.6. The molecule has 0 radical (unpaired) electrons. The maximum absolute atomic E-state index is 14.1. The molecule has 2 aliphatic carbocycles. The molecule has 0 N–H and O–H groups in total. The Hall–Kier alpha value is -1.81. The highest BCUT2D eigenvalue weighted by Gasteiger charge is 2.69. The van der Waals surface area contributed by atoms with E-state index in [0.717, 1.165) is 11.3 Å². The topological polar surface area (TPSA) is 49.7 Å². The van der Waals surface area contributed by atoms with E-state index in [0.29, 0.717) is 12.0 Å². The third-order valence-corrected chi connectivity index (χ3v) is 8.25. The van der Waals surface area contributed by atoms with Gasteiger partial charge in [0.1, 0.15) is 0 Å². The fourth-order valence-corrected chi connectivity index (χ4v) is 6.30. The molecule has 146 valence electrons. The van der Waals surface area contributed by atoms with Crippen molar-refractivity contribution in [3.8, 4) is 0 Å². The number of Topliss-reactive ketones (excluding diaryl/α,β-unsaturated/α-hetero) is 1. The summed E-state index contributed by atoms with van der Waals surface area (Å²) in [5, 5.41) is 2.09. The molecule has 1 heterocycles. The van der Waals surface area contributed by atoms with Crippen LogP contribution in [-0.2, 0) is 15.1 Å². The standard InChI is InChI=1S/C22H23ClN2O2S/c1-6-21(4)15(23)10-13-18(26)22(21,24-11-28)12-8-7-9-14-16(12)17(20(13,2)3)19(27)25(14)5/h6-9,13,15,17H,1,10H2,2-5H3. The lowest BCUT2D eigenvalue weighted by molar-refractivity contribution is -0.141. The van der Waals surface area contributed by atoms with Crippen molar-refractivity contribution in [3.05, 3.63) is 42.0 Å². The molecular weight excluding hydrogens is 392 g/mol. The van der Waals surface area contributed by atoms with Crippen molar-refractivity contribution in [3.63, 3.8) is 0 Å². The molecule has 0 saturated heterocycles. The smallest absolute Gasteiger partial charge is 0.234 e. The Bertz CT molecular complexity index is 983. The van der Waals surface area contributed by atoms with Crippen LogP contribution in [0.2, 0.25) is 0 Å². The highest BCUT2D eigenvalue weighted by atomic mass is 35.5. The third-order valence-electron chi connectivity index (χ3n) is 7.53. The monoisotopic (exact) mass is 414 g/mol. The number of hydrogen-bond donors (Lipinski definition) is 0. The SMILES string of the molecule is C=CC1(C)C(Cl)CC2C(=O)C1(N=C=S)c1cccc3c1C(C(=O)N3C)C2(C)C. The molecule has 1 aromatic carbocycles. The van der Waals surface area contributed by atoms with E-state index in [1.807, 2.05) is 39.0 Å². The molecule has 28 heavy (non-hydrogen) atoms. The highest BCUT2D eigenvalue weighted by molar-refractivity contribution is 7.78. The molecule has 5 atom stereocenters. The van der Waals surface area contributed by atoms with Gasteiger partial charge in [-0.15, -0.1) is 18.2 Å². The van der Waals surface area contributed by atoms with Crippen LogP contribution < -0.4 is 4.90 Å². The van der Waals surface area contributed by atoms with E-state index in [4.69, 9.17) is 23.8 Å². The number of anilines is 1. The van der Waals surface area contributed by atoms with Crippen LogP contribution in [0, 0.1) is 16.7 Å². The molecule has 4 nitrogen and oxygen atoms in total. The summed E-state index contributed by atoms with van der Waals surface area (Å²) in [7, 11) is 1.78. The first-order valence-corrected chi connectivity index (χ1v) is 10.3. The Kier molecular flexibility index (Phi) is 4.08. The van der Waals surface area contributed by atoms with Crippen LogP contribution >= 0.6 is 23.8 Å². The van der Waals surface area contributed by atoms with Gasteiger partial charge in [0.05, 0.1) is 11.1 Å². The number of carbonyl (C=O) groups excluding carboxylic acids is 2. The quantitative estimate of drug-likeness (QED) is 0.310. The van der Waals surface area contributed by atoms with Gasteiger partial charge in [-0.05, 0) is 41.2 Å². The van der Waals surface area contributed by atoms with Crippen molar-refractivity contribution in [2.75, 3.05) is 11.9 Å². The Morgan fingerprint density at radius 2 is 2.04 bits per heavy atom. The van der Waals surface area contributed by atoms with Crippen LogP contribution in [0.5, 0.6) is 0 Å². The van der Waals surface area contributed by atoms with Crippen molar-refractivity contribution in [2.45, 2.75) is 44.0 Å². The number of hydrogen-bond acceptors (Lipinski definition) is 4. The van der Waals surface area contributed by atoms with Crippen molar-refractivity contribution in [1.29, 1.82) is 0 Å². The molecule has 4 rings (SSSR count). The molecule has 1 amide bonds. The Morgan fingerprint density at radius 3 is 2.64 bits per heavy atom. The Morgan fingerprint density at radius 1 is 1.36 bits per heavy atom. The van der Waals surface area contributed by atoms with Gasteiger partial charge in [-0.2, -0.15) is 0 Å². The first-order valence-electron chi connectivity index (χ1n) is 9.41. The van der Waals surface area contributed by atoms with Gasteiger partial charge in [0.15, 0.2) is 11.3 Å². The predicted octanol–water partition coefficient (Wildman–Crippen LogP) is 4.47. The minimum absolute atomic E-state index is 0.000659. The number of rotatable bonds is 2. The average Bonchev–Trinajstić information content (AvgIpc) is 2.90. The third kappa shape index (κ3) is 1.93. The fourth-order valence-electron chi connectivity index (χ4n) is 5.74. The van der Waals surface area contributed by atoms with E-state index in [-0.39, 0.29) is 17.1 Å². The largest absolute Gasteiger partial charge is 0.315 e. The van der Waals surface area contributed by atoms with Crippen LogP contribution in [0.15, 0.2) is 35.8 Å². The lowest BCUT2D eigenvalue weighted by Gasteiger charge is -2.52. The van der Waals surface area contributed by atoms with Gasteiger partial charge in [0.25, 0.3) is 0 Å². The Balaban J connectivity index is 2.24. The number of benzene rings is 1.